The number of aliphatic carboxylic acids is 1. The Hall–Kier alpha value is -1.35. The Bertz CT molecular complexity index is 417. The number of hydrogen-bond donors (Lipinski definition) is 2. The topological polar surface area (TPSA) is 63.3 Å². The second-order valence-corrected chi connectivity index (χ2v) is 5.46. The molecule has 0 radical (unpaired) electrons. The summed E-state index contributed by atoms with van der Waals surface area (Å²) in [4.78, 5) is 11.1. The maximum absolute atomic E-state index is 11.1. The number of rotatable bonds is 3. The molecule has 0 saturated heterocycles. The van der Waals surface area contributed by atoms with Gasteiger partial charge in [0.05, 0.1) is 0 Å². The zero-order valence-corrected chi connectivity index (χ0v) is 10.9. The highest BCUT2D eigenvalue weighted by Gasteiger charge is 2.30. The lowest BCUT2D eigenvalue weighted by atomic mass is 9.83. The smallest absolute Gasteiger partial charge is 0.328 e. The van der Waals surface area contributed by atoms with Crippen molar-refractivity contribution in [1.82, 2.24) is 0 Å². The summed E-state index contributed by atoms with van der Waals surface area (Å²) in [5, 5.41) is 9.09. The molecule has 0 spiro atoms. The number of hydrogen-bond acceptors (Lipinski definition) is 2. The van der Waals surface area contributed by atoms with Crippen LogP contribution in [0.2, 0.25) is 0 Å². The molecule has 98 valence electrons. The molecule has 3 heteroatoms. The SMILES string of the molecule is CC(N)(C(=O)O)c1ccc(C2CCCCC2)cc1. The van der Waals surface area contributed by atoms with Gasteiger partial charge in [-0.1, -0.05) is 43.5 Å². The molecule has 3 N–H and O–H groups in total. The van der Waals surface area contributed by atoms with Gasteiger partial charge < -0.3 is 10.8 Å². The first-order valence-electron chi connectivity index (χ1n) is 6.64. The maximum atomic E-state index is 11.1. The molecule has 1 saturated carbocycles. The van der Waals surface area contributed by atoms with Gasteiger partial charge in [0.1, 0.15) is 5.54 Å². The van der Waals surface area contributed by atoms with E-state index < -0.39 is 11.5 Å². The third-order valence-corrected chi connectivity index (χ3v) is 4.03. The van der Waals surface area contributed by atoms with Crippen LogP contribution in [0, 0.1) is 0 Å². The summed E-state index contributed by atoms with van der Waals surface area (Å²) in [6.45, 7) is 1.53. The van der Waals surface area contributed by atoms with Crippen LogP contribution >= 0.6 is 0 Å². The number of carbonyl (C=O) groups is 1. The molecule has 1 aliphatic rings. The van der Waals surface area contributed by atoms with Crippen molar-refractivity contribution in [2.45, 2.75) is 50.5 Å². The quantitative estimate of drug-likeness (QED) is 0.863. The molecule has 1 aromatic carbocycles. The minimum Gasteiger partial charge on any atom is -0.480 e. The van der Waals surface area contributed by atoms with E-state index in [1.807, 2.05) is 24.3 Å². The van der Waals surface area contributed by atoms with Gasteiger partial charge in [0.25, 0.3) is 0 Å². The van der Waals surface area contributed by atoms with Gasteiger partial charge in [-0.05, 0) is 36.8 Å². The molecule has 0 amide bonds. The van der Waals surface area contributed by atoms with Gasteiger partial charge in [-0.3, -0.25) is 0 Å². The Balaban J connectivity index is 2.17. The molecule has 0 bridgehead atoms. The molecule has 1 fully saturated rings. The monoisotopic (exact) mass is 247 g/mol. The molecule has 0 heterocycles. The molecule has 0 aliphatic heterocycles. The van der Waals surface area contributed by atoms with Crippen LogP contribution in [0.3, 0.4) is 0 Å². The van der Waals surface area contributed by atoms with Gasteiger partial charge in [-0.25, -0.2) is 4.79 Å². The predicted molar refractivity (Wildman–Crippen MR) is 71.4 cm³/mol. The van der Waals surface area contributed by atoms with Crippen LogP contribution in [0.5, 0.6) is 0 Å². The molecule has 0 aromatic heterocycles. The van der Waals surface area contributed by atoms with E-state index in [4.69, 9.17) is 10.8 Å². The fraction of sp³-hybridized carbons (Fsp3) is 0.533. The van der Waals surface area contributed by atoms with Gasteiger partial charge in [0, 0.05) is 0 Å². The minimum absolute atomic E-state index is 0.640. The fourth-order valence-corrected chi connectivity index (χ4v) is 2.66. The molecular weight excluding hydrogens is 226 g/mol. The number of benzene rings is 1. The summed E-state index contributed by atoms with van der Waals surface area (Å²) in [5.41, 5.74) is 6.49. The van der Waals surface area contributed by atoms with Crippen LogP contribution < -0.4 is 5.73 Å². The van der Waals surface area contributed by atoms with Crippen molar-refractivity contribution in [2.75, 3.05) is 0 Å². The summed E-state index contributed by atoms with van der Waals surface area (Å²) in [7, 11) is 0. The summed E-state index contributed by atoms with van der Waals surface area (Å²) in [6.07, 6.45) is 6.44. The first-order valence-corrected chi connectivity index (χ1v) is 6.64. The summed E-state index contributed by atoms with van der Waals surface area (Å²) in [5.74, 6) is -0.352. The van der Waals surface area contributed by atoms with Gasteiger partial charge >= 0.3 is 5.97 Å². The predicted octanol–water partition coefficient (Wildman–Crippen LogP) is 2.99. The van der Waals surface area contributed by atoms with E-state index in [-0.39, 0.29) is 0 Å². The zero-order chi connectivity index (χ0) is 13.2. The lowest BCUT2D eigenvalue weighted by Crippen LogP contribution is -2.41. The Morgan fingerprint density at radius 1 is 1.22 bits per heavy atom. The van der Waals surface area contributed by atoms with Crippen LogP contribution in [0.25, 0.3) is 0 Å². The first-order chi connectivity index (χ1) is 8.51. The number of carboxylic acids is 1. The molecule has 3 nitrogen and oxygen atoms in total. The van der Waals surface area contributed by atoms with Crippen LogP contribution in [-0.4, -0.2) is 11.1 Å². The Morgan fingerprint density at radius 2 is 1.78 bits per heavy atom. The molecular formula is C15H21NO2. The van der Waals surface area contributed by atoms with Crippen molar-refractivity contribution in [2.24, 2.45) is 5.73 Å². The third kappa shape index (κ3) is 2.56. The molecule has 18 heavy (non-hydrogen) atoms. The van der Waals surface area contributed by atoms with Crippen molar-refractivity contribution in [1.29, 1.82) is 0 Å². The highest BCUT2D eigenvalue weighted by atomic mass is 16.4. The van der Waals surface area contributed by atoms with Crippen molar-refractivity contribution < 1.29 is 9.90 Å². The fourth-order valence-electron chi connectivity index (χ4n) is 2.66. The third-order valence-electron chi connectivity index (χ3n) is 4.03. The van der Waals surface area contributed by atoms with Crippen LogP contribution in [0.1, 0.15) is 56.1 Å². The van der Waals surface area contributed by atoms with Crippen molar-refractivity contribution in [3.05, 3.63) is 35.4 Å². The molecule has 1 aliphatic carbocycles. The van der Waals surface area contributed by atoms with Gasteiger partial charge in [-0.15, -0.1) is 0 Å². The van der Waals surface area contributed by atoms with E-state index >= 15 is 0 Å². The van der Waals surface area contributed by atoms with Crippen molar-refractivity contribution in [3.63, 3.8) is 0 Å². The normalized spacial score (nSPS) is 20.3. The van der Waals surface area contributed by atoms with Crippen LogP contribution in [-0.2, 0) is 10.3 Å². The average Bonchev–Trinajstić information content (AvgIpc) is 2.40. The van der Waals surface area contributed by atoms with E-state index in [1.165, 1.54) is 44.6 Å². The largest absolute Gasteiger partial charge is 0.480 e. The van der Waals surface area contributed by atoms with Gasteiger partial charge in [0.15, 0.2) is 0 Å². The standard InChI is InChI=1S/C15H21NO2/c1-15(16,14(17)18)13-9-7-12(8-10-13)11-5-3-2-4-6-11/h7-11H,2-6,16H2,1H3,(H,17,18). The highest BCUT2D eigenvalue weighted by Crippen LogP contribution is 2.33. The van der Waals surface area contributed by atoms with Crippen LogP contribution in [0.4, 0.5) is 0 Å². The van der Waals surface area contributed by atoms with E-state index in [9.17, 15) is 4.79 Å². The Labute approximate surface area is 108 Å². The maximum Gasteiger partial charge on any atom is 0.328 e. The number of nitrogens with two attached hydrogens (primary N) is 1. The lowest BCUT2D eigenvalue weighted by molar-refractivity contribution is -0.143. The molecule has 1 unspecified atom stereocenters. The highest BCUT2D eigenvalue weighted by molar-refractivity contribution is 5.79. The summed E-state index contributed by atoms with van der Waals surface area (Å²) < 4.78 is 0. The Morgan fingerprint density at radius 3 is 2.28 bits per heavy atom. The Kier molecular flexibility index (Phi) is 3.71. The average molecular weight is 247 g/mol. The van der Waals surface area contributed by atoms with Crippen molar-refractivity contribution >= 4 is 5.97 Å². The van der Waals surface area contributed by atoms with Gasteiger partial charge in [0.2, 0.25) is 0 Å². The minimum atomic E-state index is -1.30. The van der Waals surface area contributed by atoms with E-state index in [0.717, 1.165) is 0 Å². The summed E-state index contributed by atoms with van der Waals surface area (Å²) in [6, 6.07) is 7.80. The second kappa shape index (κ2) is 5.11. The number of carboxylic acid groups (broad SMARTS) is 1. The van der Waals surface area contributed by atoms with E-state index in [0.29, 0.717) is 11.5 Å². The zero-order valence-electron chi connectivity index (χ0n) is 10.9. The second-order valence-electron chi connectivity index (χ2n) is 5.46. The van der Waals surface area contributed by atoms with E-state index in [2.05, 4.69) is 0 Å². The lowest BCUT2D eigenvalue weighted by Gasteiger charge is -2.24. The molecule has 2 rings (SSSR count). The van der Waals surface area contributed by atoms with Crippen molar-refractivity contribution in [3.8, 4) is 0 Å². The summed E-state index contributed by atoms with van der Waals surface area (Å²) >= 11 is 0. The van der Waals surface area contributed by atoms with Crippen LogP contribution in [0.15, 0.2) is 24.3 Å². The molecule has 1 aromatic rings. The molecule has 1 atom stereocenters. The van der Waals surface area contributed by atoms with Gasteiger partial charge in [-0.2, -0.15) is 0 Å². The first kappa shape index (κ1) is 13.1. The van der Waals surface area contributed by atoms with E-state index in [1.54, 1.807) is 0 Å².